The van der Waals surface area contributed by atoms with Crippen molar-refractivity contribution in [1.82, 2.24) is 13.9 Å². The number of sulfonamides is 1. The fourth-order valence-corrected chi connectivity index (χ4v) is 5.84. The van der Waals surface area contributed by atoms with Gasteiger partial charge in [-0.1, -0.05) is 42.5 Å². The number of aromatic nitrogens is 2. The molecule has 8 nitrogen and oxygen atoms in total. The SMILES string of the molecule is CC(=O)Nc1ccc(S(=O)(=O)N2CCN(c3nc4ccccc4n3Cc3ccccc3)CC2)cc1. The van der Waals surface area contributed by atoms with Crippen molar-refractivity contribution in [3.63, 3.8) is 0 Å². The molecule has 1 aromatic heterocycles. The number of imidazole rings is 1. The third-order valence-electron chi connectivity index (χ3n) is 6.15. The summed E-state index contributed by atoms with van der Waals surface area (Å²) in [6.07, 6.45) is 0. The van der Waals surface area contributed by atoms with Crippen LogP contribution in [0.25, 0.3) is 11.0 Å². The van der Waals surface area contributed by atoms with Gasteiger partial charge in [-0.15, -0.1) is 0 Å². The second kappa shape index (κ2) is 9.52. The third kappa shape index (κ3) is 4.78. The summed E-state index contributed by atoms with van der Waals surface area (Å²) < 4.78 is 30.1. The van der Waals surface area contributed by atoms with Gasteiger partial charge in [0.1, 0.15) is 0 Å². The molecular weight excluding hydrogens is 462 g/mol. The Balaban J connectivity index is 1.35. The molecule has 2 heterocycles. The van der Waals surface area contributed by atoms with E-state index >= 15 is 0 Å². The quantitative estimate of drug-likeness (QED) is 0.448. The Hall–Kier alpha value is -3.69. The second-order valence-electron chi connectivity index (χ2n) is 8.57. The summed E-state index contributed by atoms with van der Waals surface area (Å²) in [6.45, 7) is 3.92. The number of carbonyl (C=O) groups excluding carboxylic acids is 1. The highest BCUT2D eigenvalue weighted by Crippen LogP contribution is 2.26. The molecule has 1 aliphatic rings. The first-order valence-corrected chi connectivity index (χ1v) is 13.0. The molecule has 180 valence electrons. The fraction of sp³-hybridized carbons (Fsp3) is 0.231. The van der Waals surface area contributed by atoms with E-state index in [-0.39, 0.29) is 10.8 Å². The van der Waals surface area contributed by atoms with Crippen molar-refractivity contribution in [2.75, 3.05) is 36.4 Å². The van der Waals surface area contributed by atoms with E-state index in [4.69, 9.17) is 4.98 Å². The number of carbonyl (C=O) groups is 1. The number of nitrogens with zero attached hydrogens (tertiary/aromatic N) is 4. The average molecular weight is 490 g/mol. The Morgan fingerprint density at radius 2 is 1.54 bits per heavy atom. The average Bonchev–Trinajstić information content (AvgIpc) is 3.23. The minimum Gasteiger partial charge on any atom is -0.340 e. The van der Waals surface area contributed by atoms with Crippen molar-refractivity contribution < 1.29 is 13.2 Å². The van der Waals surface area contributed by atoms with Crippen LogP contribution >= 0.6 is 0 Å². The number of nitrogens with one attached hydrogen (secondary N) is 1. The first-order valence-electron chi connectivity index (χ1n) is 11.5. The van der Waals surface area contributed by atoms with Crippen LogP contribution in [0.3, 0.4) is 0 Å². The largest absolute Gasteiger partial charge is 0.340 e. The number of rotatable bonds is 6. The highest BCUT2D eigenvalue weighted by atomic mass is 32.2. The second-order valence-corrected chi connectivity index (χ2v) is 10.5. The van der Waals surface area contributed by atoms with Gasteiger partial charge in [-0.2, -0.15) is 4.31 Å². The van der Waals surface area contributed by atoms with E-state index < -0.39 is 10.0 Å². The number of benzene rings is 3. The molecule has 0 unspecified atom stereocenters. The van der Waals surface area contributed by atoms with Crippen LogP contribution in [0.15, 0.2) is 83.8 Å². The topological polar surface area (TPSA) is 87.5 Å². The van der Waals surface area contributed by atoms with Gasteiger partial charge in [0.25, 0.3) is 0 Å². The van der Waals surface area contributed by atoms with Gasteiger partial charge in [0.2, 0.25) is 21.9 Å². The van der Waals surface area contributed by atoms with Gasteiger partial charge in [0.05, 0.1) is 22.5 Å². The van der Waals surface area contributed by atoms with Crippen molar-refractivity contribution in [1.29, 1.82) is 0 Å². The van der Waals surface area contributed by atoms with Crippen molar-refractivity contribution >= 4 is 38.6 Å². The Bertz CT molecular complexity index is 1440. The minimum absolute atomic E-state index is 0.199. The molecule has 0 aliphatic carbocycles. The maximum absolute atomic E-state index is 13.2. The van der Waals surface area contributed by atoms with Crippen molar-refractivity contribution in [2.45, 2.75) is 18.4 Å². The van der Waals surface area contributed by atoms with Gasteiger partial charge in [-0.3, -0.25) is 4.79 Å². The van der Waals surface area contributed by atoms with Crippen molar-refractivity contribution in [3.8, 4) is 0 Å². The molecule has 0 radical (unpaired) electrons. The van der Waals surface area contributed by atoms with Gasteiger partial charge in [0, 0.05) is 38.8 Å². The number of fused-ring (bicyclic) bond motifs is 1. The van der Waals surface area contributed by atoms with Crippen LogP contribution in [-0.4, -0.2) is 54.4 Å². The molecule has 5 rings (SSSR count). The number of hydrogen-bond donors (Lipinski definition) is 1. The van der Waals surface area contributed by atoms with Crippen LogP contribution in [0.2, 0.25) is 0 Å². The molecule has 1 amide bonds. The lowest BCUT2D eigenvalue weighted by molar-refractivity contribution is -0.114. The van der Waals surface area contributed by atoms with Crippen LogP contribution in [-0.2, 0) is 21.4 Å². The van der Waals surface area contributed by atoms with E-state index in [1.165, 1.54) is 28.9 Å². The van der Waals surface area contributed by atoms with E-state index in [1.54, 1.807) is 12.1 Å². The monoisotopic (exact) mass is 489 g/mol. The maximum Gasteiger partial charge on any atom is 0.243 e. The van der Waals surface area contributed by atoms with Crippen molar-refractivity contribution in [2.24, 2.45) is 0 Å². The van der Waals surface area contributed by atoms with Gasteiger partial charge in [0.15, 0.2) is 0 Å². The zero-order chi connectivity index (χ0) is 24.4. The Kier molecular flexibility index (Phi) is 6.27. The predicted molar refractivity (Wildman–Crippen MR) is 137 cm³/mol. The van der Waals surface area contributed by atoms with Gasteiger partial charge in [-0.25, -0.2) is 13.4 Å². The summed E-state index contributed by atoms with van der Waals surface area (Å²) >= 11 is 0. The molecule has 0 bridgehead atoms. The van der Waals surface area contributed by atoms with Gasteiger partial charge in [-0.05, 0) is 42.0 Å². The molecule has 1 aliphatic heterocycles. The van der Waals surface area contributed by atoms with E-state index in [1.807, 2.05) is 36.4 Å². The normalized spacial score (nSPS) is 14.8. The highest BCUT2D eigenvalue weighted by molar-refractivity contribution is 7.89. The van der Waals surface area contributed by atoms with Gasteiger partial charge < -0.3 is 14.8 Å². The molecule has 1 fully saturated rings. The molecule has 35 heavy (non-hydrogen) atoms. The van der Waals surface area contributed by atoms with Crippen LogP contribution in [0.4, 0.5) is 11.6 Å². The lowest BCUT2D eigenvalue weighted by Crippen LogP contribution is -2.49. The molecule has 1 saturated heterocycles. The summed E-state index contributed by atoms with van der Waals surface area (Å²) in [7, 11) is -3.63. The standard InChI is InChI=1S/C26H27N5O3S/c1-20(32)27-22-11-13-23(14-12-22)35(33,34)30-17-15-29(16-18-30)26-28-24-9-5-6-10-25(24)31(26)19-21-7-3-2-4-8-21/h2-14H,15-19H2,1H3,(H,27,32). The summed E-state index contributed by atoms with van der Waals surface area (Å²) in [4.78, 5) is 18.5. The van der Waals surface area contributed by atoms with Crippen LogP contribution in [0.5, 0.6) is 0 Å². The van der Waals surface area contributed by atoms with E-state index in [9.17, 15) is 13.2 Å². The number of piperazine rings is 1. The maximum atomic E-state index is 13.2. The van der Waals surface area contributed by atoms with Crippen LogP contribution in [0, 0.1) is 0 Å². The molecule has 9 heteroatoms. The number of amides is 1. The first kappa shape index (κ1) is 23.1. The highest BCUT2D eigenvalue weighted by Gasteiger charge is 2.30. The Labute approximate surface area is 204 Å². The molecular formula is C26H27N5O3S. The first-order chi connectivity index (χ1) is 16.9. The fourth-order valence-electron chi connectivity index (χ4n) is 4.42. The number of anilines is 2. The summed E-state index contributed by atoms with van der Waals surface area (Å²) in [6, 6.07) is 24.6. The molecule has 3 aromatic carbocycles. The minimum atomic E-state index is -3.63. The number of para-hydroxylation sites is 2. The summed E-state index contributed by atoms with van der Waals surface area (Å²) in [5, 5.41) is 2.66. The summed E-state index contributed by atoms with van der Waals surface area (Å²) in [5.74, 6) is 0.654. The van der Waals surface area contributed by atoms with E-state index in [2.05, 4.69) is 33.0 Å². The zero-order valence-electron chi connectivity index (χ0n) is 19.5. The van der Waals surface area contributed by atoms with Gasteiger partial charge >= 0.3 is 0 Å². The molecule has 0 atom stereocenters. The number of hydrogen-bond acceptors (Lipinski definition) is 5. The predicted octanol–water partition coefficient (Wildman–Crippen LogP) is 3.55. The zero-order valence-corrected chi connectivity index (χ0v) is 20.3. The molecule has 4 aromatic rings. The Morgan fingerprint density at radius 1 is 0.886 bits per heavy atom. The van der Waals surface area contributed by atoms with Crippen molar-refractivity contribution in [3.05, 3.63) is 84.4 Å². The third-order valence-corrected chi connectivity index (χ3v) is 8.06. The Morgan fingerprint density at radius 3 is 2.23 bits per heavy atom. The van der Waals surface area contributed by atoms with Crippen LogP contribution < -0.4 is 10.2 Å². The van der Waals surface area contributed by atoms with E-state index in [0.717, 1.165) is 17.0 Å². The molecule has 1 N–H and O–H groups in total. The lowest BCUT2D eigenvalue weighted by Gasteiger charge is -2.34. The molecule has 0 spiro atoms. The van der Waals surface area contributed by atoms with E-state index in [0.29, 0.717) is 38.4 Å². The van der Waals surface area contributed by atoms with Crippen LogP contribution in [0.1, 0.15) is 12.5 Å². The molecule has 0 saturated carbocycles. The lowest BCUT2D eigenvalue weighted by atomic mass is 10.2. The summed E-state index contributed by atoms with van der Waals surface area (Å²) in [5.41, 5.74) is 3.73. The smallest absolute Gasteiger partial charge is 0.243 e.